The second-order valence-electron chi connectivity index (χ2n) is 3.48. The average Bonchev–Trinajstić information content (AvgIpc) is 2.63. The Balaban J connectivity index is 2.25. The second kappa shape index (κ2) is 5.33. The van der Waals surface area contributed by atoms with Gasteiger partial charge in [0.15, 0.2) is 10.9 Å². The van der Waals surface area contributed by atoms with Gasteiger partial charge in [-0.3, -0.25) is 0 Å². The van der Waals surface area contributed by atoms with E-state index in [-0.39, 0.29) is 0 Å². The number of rotatable bonds is 3. The van der Waals surface area contributed by atoms with Gasteiger partial charge in [0.05, 0.1) is 10.7 Å². The molecule has 0 aliphatic rings. The molecule has 0 fully saturated rings. The molecule has 0 amide bonds. The summed E-state index contributed by atoms with van der Waals surface area (Å²) < 4.78 is 0.859. The lowest BCUT2D eigenvalue weighted by molar-refractivity contribution is 1.04. The standard InChI is InChI=1S/C11H11BrClN3S/c1-3-9-6(2)17-11(15-9)16-10-8(13)4-7(12)5-14-10/h4-5H,3H2,1-2H3,(H,14,15,16). The molecule has 1 N–H and O–H groups in total. The molecular formula is C11H11BrClN3S. The van der Waals surface area contributed by atoms with Gasteiger partial charge in [-0.15, -0.1) is 11.3 Å². The first-order valence-corrected chi connectivity index (χ1v) is 7.13. The van der Waals surface area contributed by atoms with Crippen molar-refractivity contribution in [1.82, 2.24) is 9.97 Å². The first-order valence-electron chi connectivity index (χ1n) is 5.14. The van der Waals surface area contributed by atoms with Crippen LogP contribution in [0.25, 0.3) is 0 Å². The summed E-state index contributed by atoms with van der Waals surface area (Å²) in [4.78, 5) is 9.92. The molecule has 2 aromatic heterocycles. The Hall–Kier alpha value is -0.650. The number of pyridine rings is 1. The van der Waals surface area contributed by atoms with Crippen LogP contribution in [0.15, 0.2) is 16.7 Å². The molecule has 0 saturated carbocycles. The van der Waals surface area contributed by atoms with E-state index in [1.807, 2.05) is 0 Å². The van der Waals surface area contributed by atoms with Crippen molar-refractivity contribution in [2.45, 2.75) is 20.3 Å². The van der Waals surface area contributed by atoms with E-state index in [1.165, 1.54) is 4.88 Å². The lowest BCUT2D eigenvalue weighted by Crippen LogP contribution is -1.94. The number of hydrogen-bond acceptors (Lipinski definition) is 4. The molecule has 0 aliphatic heterocycles. The molecule has 0 atom stereocenters. The van der Waals surface area contributed by atoms with Gasteiger partial charge in [0, 0.05) is 15.5 Å². The Kier molecular flexibility index (Phi) is 4.01. The van der Waals surface area contributed by atoms with Crippen LogP contribution in [0.3, 0.4) is 0 Å². The number of nitrogens with one attached hydrogen (secondary N) is 1. The zero-order valence-electron chi connectivity index (χ0n) is 9.42. The maximum atomic E-state index is 6.08. The molecule has 0 aliphatic carbocycles. The average molecular weight is 333 g/mol. The van der Waals surface area contributed by atoms with E-state index in [4.69, 9.17) is 11.6 Å². The highest BCUT2D eigenvalue weighted by molar-refractivity contribution is 9.10. The summed E-state index contributed by atoms with van der Waals surface area (Å²) in [5, 5.41) is 4.54. The van der Waals surface area contributed by atoms with Gasteiger partial charge in [0.1, 0.15) is 0 Å². The Morgan fingerprint density at radius 2 is 2.29 bits per heavy atom. The van der Waals surface area contributed by atoms with Gasteiger partial charge >= 0.3 is 0 Å². The van der Waals surface area contributed by atoms with Crippen molar-refractivity contribution in [3.63, 3.8) is 0 Å². The van der Waals surface area contributed by atoms with Crippen LogP contribution >= 0.6 is 38.9 Å². The zero-order chi connectivity index (χ0) is 12.4. The Labute approximate surface area is 117 Å². The van der Waals surface area contributed by atoms with Crippen molar-refractivity contribution in [3.8, 4) is 0 Å². The van der Waals surface area contributed by atoms with Crippen molar-refractivity contribution in [1.29, 1.82) is 0 Å². The van der Waals surface area contributed by atoms with Crippen LogP contribution in [-0.4, -0.2) is 9.97 Å². The molecule has 17 heavy (non-hydrogen) atoms. The van der Waals surface area contributed by atoms with Crippen LogP contribution in [0, 0.1) is 6.92 Å². The number of hydrogen-bond donors (Lipinski definition) is 1. The van der Waals surface area contributed by atoms with Crippen molar-refractivity contribution in [3.05, 3.63) is 32.3 Å². The van der Waals surface area contributed by atoms with Gasteiger partial charge in [-0.05, 0) is 35.3 Å². The monoisotopic (exact) mass is 331 g/mol. The summed E-state index contributed by atoms with van der Waals surface area (Å²) in [6.07, 6.45) is 2.64. The quantitative estimate of drug-likeness (QED) is 0.894. The lowest BCUT2D eigenvalue weighted by atomic mass is 10.3. The van der Waals surface area contributed by atoms with Crippen LogP contribution < -0.4 is 5.32 Å². The molecule has 3 nitrogen and oxygen atoms in total. The SMILES string of the molecule is CCc1nc(Nc2ncc(Br)cc2Cl)sc1C. The highest BCUT2D eigenvalue weighted by Crippen LogP contribution is 2.29. The maximum absolute atomic E-state index is 6.08. The minimum absolute atomic E-state index is 0.574. The third-order valence-corrected chi connectivity index (χ3v) is 3.91. The molecular weight excluding hydrogens is 322 g/mol. The molecule has 0 bridgehead atoms. The Bertz CT molecular complexity index is 542. The third-order valence-electron chi connectivity index (χ3n) is 2.26. The Morgan fingerprint density at radius 3 is 2.88 bits per heavy atom. The lowest BCUT2D eigenvalue weighted by Gasteiger charge is -2.03. The number of halogens is 2. The second-order valence-corrected chi connectivity index (χ2v) is 6.01. The van der Waals surface area contributed by atoms with Gasteiger partial charge in [-0.2, -0.15) is 0 Å². The summed E-state index contributed by atoms with van der Waals surface area (Å²) >= 11 is 11.0. The van der Waals surface area contributed by atoms with E-state index in [0.29, 0.717) is 10.8 Å². The van der Waals surface area contributed by atoms with Crippen LogP contribution in [0.5, 0.6) is 0 Å². The molecule has 0 unspecified atom stereocenters. The maximum Gasteiger partial charge on any atom is 0.188 e. The van der Waals surface area contributed by atoms with E-state index in [9.17, 15) is 0 Å². The summed E-state index contributed by atoms with van der Waals surface area (Å²) in [6.45, 7) is 4.16. The molecule has 90 valence electrons. The number of aryl methyl sites for hydroxylation is 2. The van der Waals surface area contributed by atoms with E-state index in [1.54, 1.807) is 23.6 Å². The van der Waals surface area contributed by atoms with Gasteiger partial charge in [-0.1, -0.05) is 18.5 Å². The summed E-state index contributed by atoms with van der Waals surface area (Å²) in [6, 6.07) is 1.80. The minimum atomic E-state index is 0.574. The fourth-order valence-electron chi connectivity index (χ4n) is 1.42. The van der Waals surface area contributed by atoms with Crippen molar-refractivity contribution >= 4 is 49.8 Å². The number of aromatic nitrogens is 2. The number of thiazole rings is 1. The first-order chi connectivity index (χ1) is 8.10. The zero-order valence-corrected chi connectivity index (χ0v) is 12.6. The molecule has 2 heterocycles. The number of nitrogens with zero attached hydrogens (tertiary/aromatic N) is 2. The van der Waals surface area contributed by atoms with E-state index in [2.05, 4.69) is 45.1 Å². The topological polar surface area (TPSA) is 37.8 Å². The van der Waals surface area contributed by atoms with Crippen LogP contribution in [0.1, 0.15) is 17.5 Å². The van der Waals surface area contributed by atoms with Gasteiger partial charge < -0.3 is 5.32 Å². The predicted molar refractivity (Wildman–Crippen MR) is 76.5 cm³/mol. The van der Waals surface area contributed by atoms with E-state index >= 15 is 0 Å². The smallest absolute Gasteiger partial charge is 0.188 e. The number of anilines is 2. The predicted octanol–water partition coefficient (Wildman–Crippen LogP) is 4.57. The van der Waals surface area contributed by atoms with Crippen molar-refractivity contribution in [2.75, 3.05) is 5.32 Å². The summed E-state index contributed by atoms with van der Waals surface area (Å²) in [5.41, 5.74) is 1.12. The highest BCUT2D eigenvalue weighted by Gasteiger charge is 2.08. The molecule has 0 radical (unpaired) electrons. The Morgan fingerprint density at radius 1 is 1.53 bits per heavy atom. The van der Waals surface area contributed by atoms with Gasteiger partial charge in [0.25, 0.3) is 0 Å². The van der Waals surface area contributed by atoms with Gasteiger partial charge in [-0.25, -0.2) is 9.97 Å². The molecule has 6 heteroatoms. The normalized spacial score (nSPS) is 10.6. The van der Waals surface area contributed by atoms with Crippen LogP contribution in [0.2, 0.25) is 5.02 Å². The molecule has 2 rings (SSSR count). The molecule has 0 aromatic carbocycles. The fourth-order valence-corrected chi connectivity index (χ4v) is 3.00. The largest absolute Gasteiger partial charge is 0.315 e. The summed E-state index contributed by atoms with van der Waals surface area (Å²) in [5.74, 6) is 0.631. The fraction of sp³-hybridized carbons (Fsp3) is 0.273. The first kappa shape index (κ1) is 12.8. The highest BCUT2D eigenvalue weighted by atomic mass is 79.9. The molecule has 0 saturated heterocycles. The van der Waals surface area contributed by atoms with E-state index in [0.717, 1.165) is 21.7 Å². The minimum Gasteiger partial charge on any atom is -0.315 e. The molecule has 2 aromatic rings. The van der Waals surface area contributed by atoms with Crippen LogP contribution in [0.4, 0.5) is 10.9 Å². The van der Waals surface area contributed by atoms with Gasteiger partial charge in [0.2, 0.25) is 0 Å². The molecule has 0 spiro atoms. The van der Waals surface area contributed by atoms with Crippen LogP contribution in [-0.2, 0) is 6.42 Å². The van der Waals surface area contributed by atoms with E-state index < -0.39 is 0 Å². The third kappa shape index (κ3) is 2.97. The van der Waals surface area contributed by atoms with Crippen molar-refractivity contribution in [2.24, 2.45) is 0 Å². The van der Waals surface area contributed by atoms with Crippen molar-refractivity contribution < 1.29 is 0 Å². The summed E-state index contributed by atoms with van der Waals surface area (Å²) in [7, 11) is 0.